The Hall–Kier alpha value is -0.170. The summed E-state index contributed by atoms with van der Waals surface area (Å²) in [6, 6.07) is 0. The van der Waals surface area contributed by atoms with Crippen LogP contribution in [0.15, 0.2) is 0 Å². The SMILES string of the molecule is CCC(CCC(C)OCCCCC(CC)(CC)CCO)C(C)S(N)(=O)=O. The highest BCUT2D eigenvalue weighted by Crippen LogP contribution is 2.36. The summed E-state index contributed by atoms with van der Waals surface area (Å²) in [4.78, 5) is 0. The number of unbranched alkanes of at least 4 members (excludes halogenated alkanes) is 1. The van der Waals surface area contributed by atoms with E-state index in [-0.39, 0.29) is 24.0 Å². The van der Waals surface area contributed by atoms with Gasteiger partial charge in [-0.25, -0.2) is 13.6 Å². The first-order valence-electron chi connectivity index (χ1n) is 10.4. The number of primary sulfonamides is 1. The van der Waals surface area contributed by atoms with Gasteiger partial charge >= 0.3 is 0 Å². The Morgan fingerprint density at radius 2 is 1.65 bits per heavy atom. The van der Waals surface area contributed by atoms with Gasteiger partial charge in [0.2, 0.25) is 10.0 Å². The van der Waals surface area contributed by atoms with Gasteiger partial charge in [0.1, 0.15) is 0 Å². The average Bonchev–Trinajstić information content (AvgIpc) is 2.60. The van der Waals surface area contributed by atoms with Crippen molar-refractivity contribution in [2.75, 3.05) is 13.2 Å². The van der Waals surface area contributed by atoms with E-state index in [4.69, 9.17) is 9.88 Å². The lowest BCUT2D eigenvalue weighted by molar-refractivity contribution is 0.0500. The Morgan fingerprint density at radius 1 is 1.04 bits per heavy atom. The Morgan fingerprint density at radius 3 is 2.12 bits per heavy atom. The zero-order valence-electron chi connectivity index (χ0n) is 17.7. The lowest BCUT2D eigenvalue weighted by Gasteiger charge is -2.31. The maximum atomic E-state index is 11.5. The molecule has 0 fully saturated rings. The van der Waals surface area contributed by atoms with E-state index in [1.165, 1.54) is 0 Å². The Bertz CT molecular complexity index is 449. The Balaban J connectivity index is 4.11. The second-order valence-electron chi connectivity index (χ2n) is 7.86. The van der Waals surface area contributed by atoms with Crippen LogP contribution in [0, 0.1) is 11.3 Å². The van der Waals surface area contributed by atoms with E-state index in [0.29, 0.717) is 0 Å². The van der Waals surface area contributed by atoms with E-state index in [1.807, 2.05) is 6.92 Å². The second kappa shape index (κ2) is 13.1. The van der Waals surface area contributed by atoms with Crippen molar-refractivity contribution < 1.29 is 18.3 Å². The van der Waals surface area contributed by atoms with Gasteiger partial charge in [-0.05, 0) is 57.3 Å². The van der Waals surface area contributed by atoms with Gasteiger partial charge in [0.25, 0.3) is 0 Å². The standard InChI is InChI=1S/C20H43NO4S/c1-6-19(18(5)26(21,23)24)12-11-17(4)25-16-10-9-13-20(7-2,8-3)14-15-22/h17-19,22H,6-16H2,1-5H3,(H2,21,23,24). The minimum Gasteiger partial charge on any atom is -0.396 e. The number of nitrogens with two attached hydrogens (primary N) is 1. The molecule has 0 heterocycles. The predicted molar refractivity (Wildman–Crippen MR) is 110 cm³/mol. The fourth-order valence-corrected chi connectivity index (χ4v) is 4.64. The summed E-state index contributed by atoms with van der Waals surface area (Å²) in [7, 11) is -3.47. The molecule has 26 heavy (non-hydrogen) atoms. The van der Waals surface area contributed by atoms with Gasteiger partial charge in [0, 0.05) is 13.2 Å². The molecule has 0 spiro atoms. The minimum absolute atomic E-state index is 0.0873. The molecule has 158 valence electrons. The van der Waals surface area contributed by atoms with Crippen molar-refractivity contribution in [3.8, 4) is 0 Å². The number of rotatable bonds is 16. The Kier molecular flexibility index (Phi) is 13.0. The van der Waals surface area contributed by atoms with Gasteiger partial charge in [0.05, 0.1) is 11.4 Å². The van der Waals surface area contributed by atoms with E-state index in [0.717, 1.165) is 64.4 Å². The van der Waals surface area contributed by atoms with Crippen LogP contribution in [0.5, 0.6) is 0 Å². The molecule has 3 unspecified atom stereocenters. The maximum absolute atomic E-state index is 11.5. The monoisotopic (exact) mass is 393 g/mol. The van der Waals surface area contributed by atoms with Crippen LogP contribution < -0.4 is 5.14 Å². The molecule has 0 aromatic heterocycles. The number of sulfonamides is 1. The number of aliphatic hydroxyl groups excluding tert-OH is 1. The third-order valence-corrected chi connectivity index (χ3v) is 7.72. The quantitative estimate of drug-likeness (QED) is 0.384. The van der Waals surface area contributed by atoms with E-state index in [9.17, 15) is 13.5 Å². The van der Waals surface area contributed by atoms with E-state index < -0.39 is 15.3 Å². The zero-order chi connectivity index (χ0) is 20.2. The topological polar surface area (TPSA) is 89.6 Å². The third kappa shape index (κ3) is 9.67. The van der Waals surface area contributed by atoms with Crippen molar-refractivity contribution in [2.24, 2.45) is 16.5 Å². The molecule has 5 nitrogen and oxygen atoms in total. The molecule has 0 saturated heterocycles. The van der Waals surface area contributed by atoms with Crippen molar-refractivity contribution in [3.05, 3.63) is 0 Å². The van der Waals surface area contributed by atoms with Crippen LogP contribution in [-0.4, -0.2) is 38.1 Å². The van der Waals surface area contributed by atoms with Gasteiger partial charge in [-0.2, -0.15) is 0 Å². The lowest BCUT2D eigenvalue weighted by Crippen LogP contribution is -2.33. The third-order valence-electron chi connectivity index (χ3n) is 6.30. The zero-order valence-corrected chi connectivity index (χ0v) is 18.5. The molecule has 6 heteroatoms. The van der Waals surface area contributed by atoms with Crippen molar-refractivity contribution in [2.45, 2.75) is 104 Å². The van der Waals surface area contributed by atoms with Crippen LogP contribution >= 0.6 is 0 Å². The van der Waals surface area contributed by atoms with Gasteiger partial charge in [-0.15, -0.1) is 0 Å². The van der Waals surface area contributed by atoms with E-state index in [2.05, 4.69) is 20.8 Å². The van der Waals surface area contributed by atoms with Crippen LogP contribution in [-0.2, 0) is 14.8 Å². The fourth-order valence-electron chi connectivity index (χ4n) is 3.78. The molecule has 0 bridgehead atoms. The molecule has 0 aromatic carbocycles. The van der Waals surface area contributed by atoms with Gasteiger partial charge in [-0.1, -0.05) is 46.5 Å². The smallest absolute Gasteiger partial charge is 0.211 e. The highest BCUT2D eigenvalue weighted by molar-refractivity contribution is 7.89. The molecule has 0 saturated carbocycles. The molecule has 0 radical (unpaired) electrons. The lowest BCUT2D eigenvalue weighted by atomic mass is 9.75. The summed E-state index contributed by atoms with van der Waals surface area (Å²) in [6.45, 7) is 11.2. The molecular weight excluding hydrogens is 350 g/mol. The molecule has 3 atom stereocenters. The highest BCUT2D eigenvalue weighted by Gasteiger charge is 2.26. The molecule has 3 N–H and O–H groups in total. The van der Waals surface area contributed by atoms with Crippen molar-refractivity contribution in [1.29, 1.82) is 0 Å². The molecule has 0 aliphatic rings. The summed E-state index contributed by atoms with van der Waals surface area (Å²) < 4.78 is 29.0. The number of hydrogen-bond acceptors (Lipinski definition) is 4. The summed E-state index contributed by atoms with van der Waals surface area (Å²) in [6.07, 6.45) is 9.03. The first kappa shape index (κ1) is 25.8. The van der Waals surface area contributed by atoms with E-state index >= 15 is 0 Å². The highest BCUT2D eigenvalue weighted by atomic mass is 32.2. The molecule has 0 aliphatic heterocycles. The van der Waals surface area contributed by atoms with E-state index in [1.54, 1.807) is 6.92 Å². The summed E-state index contributed by atoms with van der Waals surface area (Å²) >= 11 is 0. The van der Waals surface area contributed by atoms with Crippen LogP contribution in [0.3, 0.4) is 0 Å². The van der Waals surface area contributed by atoms with Gasteiger partial charge in [-0.3, -0.25) is 0 Å². The largest absolute Gasteiger partial charge is 0.396 e. The Labute approximate surface area is 162 Å². The van der Waals surface area contributed by atoms with Crippen molar-refractivity contribution in [1.82, 2.24) is 0 Å². The molecule has 0 aromatic rings. The number of hydrogen-bond donors (Lipinski definition) is 2. The van der Waals surface area contributed by atoms with Crippen LogP contribution in [0.4, 0.5) is 0 Å². The van der Waals surface area contributed by atoms with Crippen molar-refractivity contribution >= 4 is 10.0 Å². The van der Waals surface area contributed by atoms with Crippen molar-refractivity contribution in [3.63, 3.8) is 0 Å². The molecule has 0 aliphatic carbocycles. The minimum atomic E-state index is -3.47. The molecule has 0 rings (SSSR count). The second-order valence-corrected chi connectivity index (χ2v) is 9.78. The normalized spacial score (nSPS) is 16.4. The van der Waals surface area contributed by atoms with Crippen LogP contribution in [0.25, 0.3) is 0 Å². The molecule has 0 amide bonds. The molecular formula is C20H43NO4S. The first-order chi connectivity index (χ1) is 12.2. The first-order valence-corrected chi connectivity index (χ1v) is 12.0. The van der Waals surface area contributed by atoms with Gasteiger partial charge < -0.3 is 9.84 Å². The van der Waals surface area contributed by atoms with Crippen LogP contribution in [0.1, 0.15) is 92.4 Å². The summed E-state index contributed by atoms with van der Waals surface area (Å²) in [5.74, 6) is 0.0873. The number of aliphatic hydroxyl groups is 1. The summed E-state index contributed by atoms with van der Waals surface area (Å²) in [5, 5.41) is 14.1. The average molecular weight is 394 g/mol. The maximum Gasteiger partial charge on any atom is 0.211 e. The van der Waals surface area contributed by atoms with Gasteiger partial charge in [0.15, 0.2) is 0 Å². The number of ether oxygens (including phenoxy) is 1. The fraction of sp³-hybridized carbons (Fsp3) is 1.00. The predicted octanol–water partition coefficient (Wildman–Crippen LogP) is 4.23. The summed E-state index contributed by atoms with van der Waals surface area (Å²) in [5.41, 5.74) is 0.276. The van der Waals surface area contributed by atoms with Crippen LogP contribution in [0.2, 0.25) is 0 Å².